The van der Waals surface area contributed by atoms with Crippen LogP contribution in [0.4, 0.5) is 0 Å². The molecule has 2 heterocycles. The van der Waals surface area contributed by atoms with Crippen LogP contribution in [-0.2, 0) is 20.9 Å². The maximum atomic E-state index is 11.9. The summed E-state index contributed by atoms with van der Waals surface area (Å²) in [6.07, 6.45) is 0. The van der Waals surface area contributed by atoms with Crippen LogP contribution in [0.3, 0.4) is 0 Å². The molecular formula is C15H19NO3. The van der Waals surface area contributed by atoms with Crippen LogP contribution in [0.5, 0.6) is 0 Å². The summed E-state index contributed by atoms with van der Waals surface area (Å²) in [5, 5.41) is 0. The predicted octanol–water partition coefficient (Wildman–Crippen LogP) is 1.45. The summed E-state index contributed by atoms with van der Waals surface area (Å²) in [5.74, 6) is -0.104. The summed E-state index contributed by atoms with van der Waals surface area (Å²) < 4.78 is 10.6. The van der Waals surface area contributed by atoms with Gasteiger partial charge in [-0.15, -0.1) is 0 Å². The zero-order valence-electron chi connectivity index (χ0n) is 11.2. The number of esters is 1. The fourth-order valence-electron chi connectivity index (χ4n) is 2.43. The highest BCUT2D eigenvalue weighted by molar-refractivity contribution is 5.79. The van der Waals surface area contributed by atoms with Gasteiger partial charge < -0.3 is 9.47 Å². The van der Waals surface area contributed by atoms with E-state index in [0.29, 0.717) is 6.61 Å². The maximum absolute atomic E-state index is 11.9. The highest BCUT2D eigenvalue weighted by Gasteiger charge is 2.47. The summed E-state index contributed by atoms with van der Waals surface area (Å²) in [5.41, 5.74) is 1.26. The second kappa shape index (κ2) is 4.94. The normalized spacial score (nSPS) is 27.4. The Kier molecular flexibility index (Phi) is 3.29. The van der Waals surface area contributed by atoms with E-state index in [1.54, 1.807) is 0 Å². The van der Waals surface area contributed by atoms with Crippen LogP contribution in [0.15, 0.2) is 30.3 Å². The van der Waals surface area contributed by atoms with Gasteiger partial charge in [0.05, 0.1) is 13.2 Å². The van der Waals surface area contributed by atoms with Crippen molar-refractivity contribution in [2.24, 2.45) is 5.41 Å². The molecule has 0 amide bonds. The van der Waals surface area contributed by atoms with Gasteiger partial charge in [0.15, 0.2) is 0 Å². The van der Waals surface area contributed by atoms with Gasteiger partial charge in [-0.25, -0.2) is 0 Å². The van der Waals surface area contributed by atoms with Crippen molar-refractivity contribution in [2.75, 3.05) is 26.3 Å². The molecule has 4 nitrogen and oxygen atoms in total. The Morgan fingerprint density at radius 1 is 1.42 bits per heavy atom. The molecule has 0 aromatic heterocycles. The van der Waals surface area contributed by atoms with Crippen LogP contribution in [-0.4, -0.2) is 43.2 Å². The lowest BCUT2D eigenvalue weighted by Crippen LogP contribution is -2.45. The van der Waals surface area contributed by atoms with Crippen molar-refractivity contribution in [1.82, 2.24) is 4.90 Å². The molecule has 2 saturated heterocycles. The van der Waals surface area contributed by atoms with Crippen LogP contribution in [0, 0.1) is 5.41 Å². The lowest BCUT2D eigenvalue weighted by molar-refractivity contribution is -0.146. The van der Waals surface area contributed by atoms with Gasteiger partial charge in [-0.2, -0.15) is 0 Å². The number of carbonyl (C=O) groups excluding carboxylic acids is 1. The predicted molar refractivity (Wildman–Crippen MR) is 70.5 cm³/mol. The second-order valence-electron chi connectivity index (χ2n) is 5.84. The first-order valence-electron chi connectivity index (χ1n) is 6.69. The minimum absolute atomic E-state index is 0.0406. The molecule has 1 unspecified atom stereocenters. The number of nitrogens with zero attached hydrogens (tertiary/aromatic N) is 1. The smallest absolute Gasteiger partial charge is 0.325 e. The molecule has 3 rings (SSSR count). The van der Waals surface area contributed by atoms with Crippen LogP contribution in [0.1, 0.15) is 12.5 Å². The van der Waals surface area contributed by atoms with E-state index in [2.05, 4.69) is 11.8 Å². The molecule has 0 aliphatic carbocycles. The standard InChI is InChI=1S/C15H19NO3/c1-15(10-18-11-15)9-16-7-13(16)14(17)19-8-12-5-3-2-4-6-12/h2-6,13H,7-11H2,1H3/t13-,16?/m0/s1. The number of ether oxygens (including phenoxy) is 2. The third-order valence-electron chi connectivity index (χ3n) is 3.70. The summed E-state index contributed by atoms with van der Waals surface area (Å²) >= 11 is 0. The van der Waals surface area contributed by atoms with E-state index in [9.17, 15) is 4.79 Å². The van der Waals surface area contributed by atoms with Crippen molar-refractivity contribution in [3.8, 4) is 0 Å². The minimum atomic E-state index is -0.104. The maximum Gasteiger partial charge on any atom is 0.325 e. The van der Waals surface area contributed by atoms with E-state index in [1.165, 1.54) is 0 Å². The van der Waals surface area contributed by atoms with Gasteiger partial charge in [0.1, 0.15) is 12.6 Å². The molecule has 2 aliphatic heterocycles. The summed E-state index contributed by atoms with van der Waals surface area (Å²) in [7, 11) is 0. The molecule has 2 fully saturated rings. The van der Waals surface area contributed by atoms with Gasteiger partial charge in [-0.1, -0.05) is 37.3 Å². The fraction of sp³-hybridized carbons (Fsp3) is 0.533. The number of rotatable bonds is 5. The molecule has 0 radical (unpaired) electrons. The Morgan fingerprint density at radius 3 is 2.79 bits per heavy atom. The van der Waals surface area contributed by atoms with Crippen LogP contribution < -0.4 is 0 Å². The number of hydrogen-bond donors (Lipinski definition) is 0. The lowest BCUT2D eigenvalue weighted by atomic mass is 9.89. The van der Waals surface area contributed by atoms with E-state index >= 15 is 0 Å². The molecule has 0 saturated carbocycles. The lowest BCUT2D eigenvalue weighted by Gasteiger charge is -2.38. The molecule has 2 aliphatic rings. The van der Waals surface area contributed by atoms with Crippen molar-refractivity contribution in [3.63, 3.8) is 0 Å². The first-order valence-corrected chi connectivity index (χ1v) is 6.69. The molecular weight excluding hydrogens is 242 g/mol. The van der Waals surface area contributed by atoms with Gasteiger partial charge in [-0.05, 0) is 5.56 Å². The summed E-state index contributed by atoms with van der Waals surface area (Å²) in [6.45, 7) is 5.91. The molecule has 4 heteroatoms. The molecule has 0 bridgehead atoms. The quantitative estimate of drug-likeness (QED) is 0.594. The van der Waals surface area contributed by atoms with E-state index in [-0.39, 0.29) is 17.4 Å². The third kappa shape index (κ3) is 2.96. The zero-order chi connectivity index (χ0) is 13.3. The van der Waals surface area contributed by atoms with E-state index in [1.807, 2.05) is 30.3 Å². The topological polar surface area (TPSA) is 38.5 Å². The zero-order valence-corrected chi connectivity index (χ0v) is 11.2. The first kappa shape index (κ1) is 12.6. The Morgan fingerprint density at radius 2 is 2.16 bits per heavy atom. The van der Waals surface area contributed by atoms with Gasteiger partial charge in [0.25, 0.3) is 0 Å². The Bertz CT molecular complexity index is 456. The van der Waals surface area contributed by atoms with Crippen molar-refractivity contribution < 1.29 is 14.3 Å². The van der Waals surface area contributed by atoms with Gasteiger partial charge in [0, 0.05) is 18.5 Å². The number of benzene rings is 1. The fourth-order valence-corrected chi connectivity index (χ4v) is 2.43. The Hall–Kier alpha value is -1.39. The van der Waals surface area contributed by atoms with Crippen molar-refractivity contribution in [3.05, 3.63) is 35.9 Å². The average molecular weight is 261 g/mol. The molecule has 19 heavy (non-hydrogen) atoms. The number of hydrogen-bond acceptors (Lipinski definition) is 4. The van der Waals surface area contributed by atoms with Crippen molar-refractivity contribution in [1.29, 1.82) is 0 Å². The van der Waals surface area contributed by atoms with Gasteiger partial charge >= 0.3 is 5.97 Å². The van der Waals surface area contributed by atoms with E-state index in [4.69, 9.17) is 9.47 Å². The molecule has 1 aromatic carbocycles. The number of carbonyl (C=O) groups is 1. The SMILES string of the molecule is CC1(CN2C[C@H]2C(=O)OCc2ccccc2)COC1. The Labute approximate surface area is 113 Å². The van der Waals surface area contributed by atoms with Crippen molar-refractivity contribution in [2.45, 2.75) is 19.6 Å². The van der Waals surface area contributed by atoms with Gasteiger partial charge in [0.2, 0.25) is 0 Å². The Balaban J connectivity index is 1.42. The van der Waals surface area contributed by atoms with Gasteiger partial charge in [-0.3, -0.25) is 9.69 Å². The van der Waals surface area contributed by atoms with Crippen LogP contribution in [0.2, 0.25) is 0 Å². The third-order valence-corrected chi connectivity index (χ3v) is 3.70. The molecule has 2 atom stereocenters. The van der Waals surface area contributed by atoms with E-state index in [0.717, 1.165) is 31.9 Å². The molecule has 0 N–H and O–H groups in total. The summed E-state index contributed by atoms with van der Waals surface area (Å²) in [4.78, 5) is 14.0. The molecule has 102 valence electrons. The molecule has 1 aromatic rings. The van der Waals surface area contributed by atoms with E-state index < -0.39 is 0 Å². The first-order chi connectivity index (χ1) is 9.16. The van der Waals surface area contributed by atoms with Crippen LogP contribution >= 0.6 is 0 Å². The largest absolute Gasteiger partial charge is 0.460 e. The highest BCUT2D eigenvalue weighted by atomic mass is 16.5. The molecule has 0 spiro atoms. The monoisotopic (exact) mass is 261 g/mol. The van der Waals surface area contributed by atoms with Crippen molar-refractivity contribution >= 4 is 5.97 Å². The summed E-state index contributed by atoms with van der Waals surface area (Å²) in [6, 6.07) is 9.74. The highest BCUT2D eigenvalue weighted by Crippen LogP contribution is 2.32. The minimum Gasteiger partial charge on any atom is -0.460 e. The average Bonchev–Trinajstić information content (AvgIpc) is 3.14. The second-order valence-corrected chi connectivity index (χ2v) is 5.84. The van der Waals surface area contributed by atoms with Crippen LogP contribution in [0.25, 0.3) is 0 Å².